The minimum absolute atomic E-state index is 0.153. The van der Waals surface area contributed by atoms with Gasteiger partial charge in [0.15, 0.2) is 0 Å². The molecule has 0 aliphatic carbocycles. The van der Waals surface area contributed by atoms with Gasteiger partial charge < -0.3 is 10.2 Å². The molecule has 2 rings (SSSR count). The minimum Gasteiger partial charge on any atom is -0.331 e. The number of piperidine rings is 1. The molecule has 1 aliphatic rings. The number of amides is 2. The second-order valence-corrected chi connectivity index (χ2v) is 6.04. The smallest absolute Gasteiger partial charge is 0.313 e. The molecule has 1 atom stereocenters. The number of benzene rings is 1. The first kappa shape index (κ1) is 16.1. The Morgan fingerprint density at radius 3 is 2.52 bits per heavy atom. The first-order chi connectivity index (χ1) is 10.0. The molecule has 1 aromatic rings. The summed E-state index contributed by atoms with van der Waals surface area (Å²) >= 11 is 11.8. The molecule has 1 fully saturated rings. The van der Waals surface area contributed by atoms with Gasteiger partial charge in [-0.25, -0.2) is 0 Å². The lowest BCUT2D eigenvalue weighted by Crippen LogP contribution is -2.48. The van der Waals surface area contributed by atoms with E-state index < -0.39 is 11.8 Å². The van der Waals surface area contributed by atoms with Crippen molar-refractivity contribution in [1.82, 2.24) is 4.90 Å². The van der Waals surface area contributed by atoms with E-state index in [1.807, 2.05) is 6.92 Å². The average molecular weight is 329 g/mol. The van der Waals surface area contributed by atoms with Crippen molar-refractivity contribution < 1.29 is 9.59 Å². The van der Waals surface area contributed by atoms with Gasteiger partial charge in [-0.1, -0.05) is 30.1 Å². The molecule has 0 aromatic heterocycles. The molecule has 0 saturated carbocycles. The molecule has 1 saturated heterocycles. The Morgan fingerprint density at radius 2 is 1.90 bits per heavy atom. The van der Waals surface area contributed by atoms with Crippen LogP contribution in [0.1, 0.15) is 32.6 Å². The fraction of sp³-hybridized carbons (Fsp3) is 0.467. The first-order valence-corrected chi connectivity index (χ1v) is 7.85. The van der Waals surface area contributed by atoms with Crippen LogP contribution in [-0.4, -0.2) is 29.3 Å². The Hall–Kier alpha value is -1.26. The summed E-state index contributed by atoms with van der Waals surface area (Å²) < 4.78 is 0. The molecule has 1 aromatic carbocycles. The van der Waals surface area contributed by atoms with Crippen molar-refractivity contribution in [3.63, 3.8) is 0 Å². The molecular weight excluding hydrogens is 311 g/mol. The standard InChI is InChI=1S/C15H18Cl2N2O2/c1-2-13-5-3-4-6-19(13)15(21)14(20)18-12-8-10(16)7-11(17)9-12/h7-9,13H,2-6H2,1H3,(H,18,20). The van der Waals surface area contributed by atoms with Gasteiger partial charge in [0.2, 0.25) is 0 Å². The van der Waals surface area contributed by atoms with Crippen molar-refractivity contribution in [3.8, 4) is 0 Å². The number of carbonyl (C=O) groups excluding carboxylic acids is 2. The van der Waals surface area contributed by atoms with Crippen LogP contribution in [0.4, 0.5) is 5.69 Å². The van der Waals surface area contributed by atoms with E-state index in [9.17, 15) is 9.59 Å². The van der Waals surface area contributed by atoms with Crippen LogP contribution < -0.4 is 5.32 Å². The topological polar surface area (TPSA) is 49.4 Å². The normalized spacial score (nSPS) is 18.4. The van der Waals surface area contributed by atoms with Crippen molar-refractivity contribution in [2.24, 2.45) is 0 Å². The SMILES string of the molecule is CCC1CCCCN1C(=O)C(=O)Nc1cc(Cl)cc(Cl)c1. The summed E-state index contributed by atoms with van der Waals surface area (Å²) in [6.07, 6.45) is 3.87. The zero-order valence-corrected chi connectivity index (χ0v) is 13.4. The molecule has 0 spiro atoms. The highest BCUT2D eigenvalue weighted by Crippen LogP contribution is 2.23. The third kappa shape index (κ3) is 4.11. The van der Waals surface area contributed by atoms with Crippen LogP contribution in [0.3, 0.4) is 0 Å². The first-order valence-electron chi connectivity index (χ1n) is 7.09. The molecule has 114 valence electrons. The lowest BCUT2D eigenvalue weighted by molar-refractivity contribution is -0.145. The van der Waals surface area contributed by atoms with Crippen molar-refractivity contribution in [3.05, 3.63) is 28.2 Å². The van der Waals surface area contributed by atoms with Gasteiger partial charge in [0.25, 0.3) is 0 Å². The van der Waals surface area contributed by atoms with Gasteiger partial charge in [-0.3, -0.25) is 9.59 Å². The van der Waals surface area contributed by atoms with Crippen molar-refractivity contribution in [2.45, 2.75) is 38.6 Å². The van der Waals surface area contributed by atoms with Crippen molar-refractivity contribution in [1.29, 1.82) is 0 Å². The van der Waals surface area contributed by atoms with E-state index in [1.165, 1.54) is 0 Å². The Kier molecular flexibility index (Phi) is 5.48. The summed E-state index contributed by atoms with van der Waals surface area (Å²) in [5.74, 6) is -1.13. The molecule has 1 heterocycles. The van der Waals surface area contributed by atoms with Crippen LogP contribution in [0, 0.1) is 0 Å². The summed E-state index contributed by atoms with van der Waals surface area (Å²) in [7, 11) is 0. The molecule has 0 radical (unpaired) electrons. The number of anilines is 1. The predicted octanol–water partition coefficient (Wildman–Crippen LogP) is 3.72. The summed E-state index contributed by atoms with van der Waals surface area (Å²) in [6.45, 7) is 2.67. The van der Waals surface area contributed by atoms with Crippen LogP contribution in [0.15, 0.2) is 18.2 Å². The highest BCUT2D eigenvalue weighted by molar-refractivity contribution is 6.40. The third-order valence-electron chi connectivity index (χ3n) is 3.67. The maximum atomic E-state index is 12.3. The molecule has 1 unspecified atom stereocenters. The van der Waals surface area contributed by atoms with Gasteiger partial charge in [0, 0.05) is 28.3 Å². The van der Waals surface area contributed by atoms with Crippen LogP contribution in [0.25, 0.3) is 0 Å². The van der Waals surface area contributed by atoms with E-state index in [-0.39, 0.29) is 6.04 Å². The van der Waals surface area contributed by atoms with Gasteiger partial charge in [-0.2, -0.15) is 0 Å². The van der Waals surface area contributed by atoms with Gasteiger partial charge in [0.1, 0.15) is 0 Å². The molecule has 4 nitrogen and oxygen atoms in total. The molecule has 2 amide bonds. The minimum atomic E-state index is -0.645. The maximum Gasteiger partial charge on any atom is 0.313 e. The number of halogens is 2. The fourth-order valence-corrected chi connectivity index (χ4v) is 3.16. The van der Waals surface area contributed by atoms with E-state index in [1.54, 1.807) is 23.1 Å². The lowest BCUT2D eigenvalue weighted by atomic mass is 10.00. The number of carbonyl (C=O) groups is 2. The van der Waals surface area contributed by atoms with Crippen LogP contribution >= 0.6 is 23.2 Å². The molecule has 1 N–H and O–H groups in total. The van der Waals surface area contributed by atoms with Crippen LogP contribution in [0.2, 0.25) is 10.0 Å². The Labute approximate surface area is 134 Å². The Morgan fingerprint density at radius 1 is 1.24 bits per heavy atom. The van der Waals surface area contributed by atoms with E-state index in [2.05, 4.69) is 5.32 Å². The number of nitrogens with one attached hydrogen (secondary N) is 1. The Balaban J connectivity index is 2.06. The third-order valence-corrected chi connectivity index (χ3v) is 4.11. The molecule has 6 heteroatoms. The fourth-order valence-electron chi connectivity index (χ4n) is 2.63. The summed E-state index contributed by atoms with van der Waals surface area (Å²) in [5, 5.41) is 3.39. The van der Waals surface area contributed by atoms with E-state index in [0.29, 0.717) is 22.3 Å². The summed E-state index contributed by atoms with van der Waals surface area (Å²) in [6, 6.07) is 4.84. The highest BCUT2D eigenvalue weighted by atomic mass is 35.5. The van der Waals surface area contributed by atoms with Crippen LogP contribution in [0.5, 0.6) is 0 Å². The molecule has 1 aliphatic heterocycles. The quantitative estimate of drug-likeness (QED) is 0.841. The van der Waals surface area contributed by atoms with Gasteiger partial charge in [0.05, 0.1) is 0 Å². The van der Waals surface area contributed by atoms with Crippen molar-refractivity contribution >= 4 is 40.7 Å². The van der Waals surface area contributed by atoms with Crippen molar-refractivity contribution in [2.75, 3.05) is 11.9 Å². The van der Waals surface area contributed by atoms with E-state index in [4.69, 9.17) is 23.2 Å². The maximum absolute atomic E-state index is 12.3. The van der Waals surface area contributed by atoms with Gasteiger partial charge in [-0.15, -0.1) is 0 Å². The second kappa shape index (κ2) is 7.14. The molecular formula is C15H18Cl2N2O2. The zero-order valence-electron chi connectivity index (χ0n) is 11.9. The van der Waals surface area contributed by atoms with Gasteiger partial charge in [-0.05, 0) is 43.9 Å². The molecule has 0 bridgehead atoms. The number of nitrogens with zero attached hydrogens (tertiary/aromatic N) is 1. The average Bonchev–Trinajstić information content (AvgIpc) is 2.45. The Bertz CT molecular complexity index is 528. The lowest BCUT2D eigenvalue weighted by Gasteiger charge is -2.34. The second-order valence-electron chi connectivity index (χ2n) is 5.17. The van der Waals surface area contributed by atoms with E-state index >= 15 is 0 Å². The number of likely N-dealkylation sites (tertiary alicyclic amines) is 1. The summed E-state index contributed by atoms with van der Waals surface area (Å²) in [5.41, 5.74) is 0.427. The largest absolute Gasteiger partial charge is 0.331 e. The summed E-state index contributed by atoms with van der Waals surface area (Å²) in [4.78, 5) is 26.1. The highest BCUT2D eigenvalue weighted by Gasteiger charge is 2.29. The van der Waals surface area contributed by atoms with Gasteiger partial charge >= 0.3 is 11.8 Å². The zero-order chi connectivity index (χ0) is 15.4. The number of hydrogen-bond donors (Lipinski definition) is 1. The predicted molar refractivity (Wildman–Crippen MR) is 84.7 cm³/mol. The molecule has 21 heavy (non-hydrogen) atoms. The number of hydrogen-bond acceptors (Lipinski definition) is 2. The monoisotopic (exact) mass is 328 g/mol. The number of rotatable bonds is 2. The van der Waals surface area contributed by atoms with Crippen LogP contribution in [-0.2, 0) is 9.59 Å². The van der Waals surface area contributed by atoms with E-state index in [0.717, 1.165) is 25.7 Å².